The largest absolute Gasteiger partial charge is 0.395 e. The molecule has 0 bridgehead atoms. The number of hydrogen-bond acceptors (Lipinski definition) is 6. The summed E-state index contributed by atoms with van der Waals surface area (Å²) in [6.07, 6.45) is -0.245. The SMILES string of the molecule is O=CC(O)(C=O)C(CO)(CO)CO. The Morgan fingerprint density at radius 3 is 1.31 bits per heavy atom. The summed E-state index contributed by atoms with van der Waals surface area (Å²) in [5.41, 5.74) is -4.50. The monoisotopic (exact) mass is 192 g/mol. The van der Waals surface area contributed by atoms with Gasteiger partial charge >= 0.3 is 0 Å². The smallest absolute Gasteiger partial charge is 0.187 e. The topological polar surface area (TPSA) is 115 Å². The van der Waals surface area contributed by atoms with E-state index in [0.29, 0.717) is 0 Å². The van der Waals surface area contributed by atoms with Crippen LogP contribution in [0.3, 0.4) is 0 Å². The lowest BCUT2D eigenvalue weighted by atomic mass is 9.75. The first-order valence-electron chi connectivity index (χ1n) is 3.53. The fourth-order valence-electron chi connectivity index (χ4n) is 0.808. The van der Waals surface area contributed by atoms with Crippen molar-refractivity contribution >= 4 is 12.6 Å². The maximum atomic E-state index is 10.4. The van der Waals surface area contributed by atoms with Gasteiger partial charge in [0.15, 0.2) is 18.2 Å². The molecule has 4 N–H and O–H groups in total. The highest BCUT2D eigenvalue weighted by atomic mass is 16.3. The van der Waals surface area contributed by atoms with Crippen LogP contribution in [0.15, 0.2) is 0 Å². The van der Waals surface area contributed by atoms with Crippen molar-refractivity contribution in [2.24, 2.45) is 5.41 Å². The molecule has 0 aliphatic rings. The molecule has 13 heavy (non-hydrogen) atoms. The third kappa shape index (κ3) is 1.75. The Bertz CT molecular complexity index is 169. The van der Waals surface area contributed by atoms with E-state index < -0.39 is 30.8 Å². The minimum Gasteiger partial charge on any atom is -0.395 e. The predicted molar refractivity (Wildman–Crippen MR) is 40.8 cm³/mol. The molecule has 0 unspecified atom stereocenters. The van der Waals surface area contributed by atoms with Gasteiger partial charge in [0, 0.05) is 0 Å². The second-order valence-electron chi connectivity index (χ2n) is 2.82. The zero-order valence-electron chi connectivity index (χ0n) is 6.88. The van der Waals surface area contributed by atoms with Crippen molar-refractivity contribution in [3.63, 3.8) is 0 Å². The fraction of sp³-hybridized carbons (Fsp3) is 0.714. The zero-order valence-corrected chi connectivity index (χ0v) is 6.88. The Labute approximate surface area is 74.4 Å². The van der Waals surface area contributed by atoms with E-state index in [1.165, 1.54) is 0 Å². The highest BCUT2D eigenvalue weighted by molar-refractivity contribution is 5.88. The van der Waals surface area contributed by atoms with Crippen LogP contribution in [0.5, 0.6) is 0 Å². The van der Waals surface area contributed by atoms with E-state index in [1.807, 2.05) is 0 Å². The molecule has 0 saturated heterocycles. The summed E-state index contributed by atoms with van der Waals surface area (Å²) in [5, 5.41) is 35.7. The zero-order chi connectivity index (χ0) is 10.5. The Morgan fingerprint density at radius 1 is 0.923 bits per heavy atom. The molecular weight excluding hydrogens is 180 g/mol. The fourth-order valence-corrected chi connectivity index (χ4v) is 0.808. The van der Waals surface area contributed by atoms with Crippen molar-refractivity contribution in [3.05, 3.63) is 0 Å². The minimum atomic E-state index is -2.56. The number of carbonyl (C=O) groups is 2. The van der Waals surface area contributed by atoms with E-state index in [1.54, 1.807) is 0 Å². The molecule has 0 heterocycles. The molecule has 0 amide bonds. The van der Waals surface area contributed by atoms with E-state index >= 15 is 0 Å². The average molecular weight is 192 g/mol. The summed E-state index contributed by atoms with van der Waals surface area (Å²) in [4.78, 5) is 20.7. The van der Waals surface area contributed by atoms with Crippen molar-refractivity contribution in [1.29, 1.82) is 0 Å². The normalized spacial score (nSPS) is 12.6. The summed E-state index contributed by atoms with van der Waals surface area (Å²) in [6.45, 7) is -2.64. The summed E-state index contributed by atoms with van der Waals surface area (Å²) >= 11 is 0. The van der Waals surface area contributed by atoms with E-state index in [2.05, 4.69) is 0 Å². The molecule has 6 heteroatoms. The number of rotatable bonds is 6. The second kappa shape index (κ2) is 4.43. The Balaban J connectivity index is 5.10. The van der Waals surface area contributed by atoms with Gasteiger partial charge in [0.25, 0.3) is 0 Å². The lowest BCUT2D eigenvalue weighted by Gasteiger charge is -2.36. The van der Waals surface area contributed by atoms with E-state index in [9.17, 15) is 14.7 Å². The van der Waals surface area contributed by atoms with Crippen LogP contribution in [0.4, 0.5) is 0 Å². The first-order chi connectivity index (χ1) is 6.05. The van der Waals surface area contributed by atoms with Gasteiger partial charge in [-0.05, 0) is 0 Å². The molecule has 0 radical (unpaired) electrons. The molecule has 0 atom stereocenters. The van der Waals surface area contributed by atoms with Gasteiger partial charge in [-0.1, -0.05) is 0 Å². The molecule has 0 fully saturated rings. The highest BCUT2D eigenvalue weighted by Gasteiger charge is 2.50. The van der Waals surface area contributed by atoms with Crippen LogP contribution in [0, 0.1) is 5.41 Å². The number of aliphatic hydroxyl groups is 4. The van der Waals surface area contributed by atoms with Gasteiger partial charge < -0.3 is 20.4 Å². The summed E-state index contributed by atoms with van der Waals surface area (Å²) in [5.74, 6) is 0. The Morgan fingerprint density at radius 2 is 1.23 bits per heavy atom. The third-order valence-electron chi connectivity index (χ3n) is 2.12. The van der Waals surface area contributed by atoms with Crippen molar-refractivity contribution in [3.8, 4) is 0 Å². The number of hydrogen-bond donors (Lipinski definition) is 4. The first kappa shape index (κ1) is 12.2. The Hall–Kier alpha value is -0.820. The van der Waals surface area contributed by atoms with Crippen LogP contribution in [-0.4, -0.2) is 58.4 Å². The quantitative estimate of drug-likeness (QED) is 0.265. The number of carbonyl (C=O) groups excluding carboxylic acids is 2. The molecule has 6 nitrogen and oxygen atoms in total. The third-order valence-corrected chi connectivity index (χ3v) is 2.12. The van der Waals surface area contributed by atoms with Crippen LogP contribution in [0.1, 0.15) is 0 Å². The summed E-state index contributed by atoms with van der Waals surface area (Å²) in [6, 6.07) is 0. The molecule has 0 rings (SSSR count). The van der Waals surface area contributed by atoms with Gasteiger partial charge in [0.1, 0.15) is 0 Å². The summed E-state index contributed by atoms with van der Waals surface area (Å²) in [7, 11) is 0. The molecule has 0 aromatic carbocycles. The van der Waals surface area contributed by atoms with Crippen molar-refractivity contribution in [2.75, 3.05) is 19.8 Å². The van der Waals surface area contributed by atoms with Gasteiger partial charge in [-0.3, -0.25) is 9.59 Å². The standard InChI is InChI=1S/C7H12O6/c8-1-6(2-9,3-10)7(13,4-11)5-12/h4-5,8-10,13H,1-3H2. The lowest BCUT2D eigenvalue weighted by molar-refractivity contribution is -0.167. The number of aldehydes is 2. The van der Waals surface area contributed by atoms with Gasteiger partial charge in [-0.25, -0.2) is 0 Å². The van der Waals surface area contributed by atoms with E-state index in [4.69, 9.17) is 15.3 Å². The second-order valence-corrected chi connectivity index (χ2v) is 2.82. The maximum absolute atomic E-state index is 10.4. The molecule has 0 aromatic heterocycles. The minimum absolute atomic E-state index is 0.122. The molecule has 0 aromatic rings. The molecule has 0 aliphatic heterocycles. The van der Waals surface area contributed by atoms with Crippen molar-refractivity contribution in [1.82, 2.24) is 0 Å². The maximum Gasteiger partial charge on any atom is 0.187 e. The van der Waals surface area contributed by atoms with Crippen LogP contribution in [0.2, 0.25) is 0 Å². The molecule has 0 spiro atoms. The highest BCUT2D eigenvalue weighted by Crippen LogP contribution is 2.27. The van der Waals surface area contributed by atoms with E-state index in [-0.39, 0.29) is 12.6 Å². The van der Waals surface area contributed by atoms with Crippen LogP contribution < -0.4 is 0 Å². The lowest BCUT2D eigenvalue weighted by Crippen LogP contribution is -2.57. The average Bonchev–Trinajstić information content (AvgIpc) is 2.20. The van der Waals surface area contributed by atoms with Gasteiger partial charge in [0.05, 0.1) is 25.2 Å². The molecule has 76 valence electrons. The van der Waals surface area contributed by atoms with Crippen molar-refractivity contribution < 1.29 is 30.0 Å². The van der Waals surface area contributed by atoms with E-state index in [0.717, 1.165) is 0 Å². The van der Waals surface area contributed by atoms with Crippen LogP contribution >= 0.6 is 0 Å². The van der Waals surface area contributed by atoms with Gasteiger partial charge in [-0.15, -0.1) is 0 Å². The van der Waals surface area contributed by atoms with Crippen molar-refractivity contribution in [2.45, 2.75) is 5.60 Å². The van der Waals surface area contributed by atoms with Crippen LogP contribution in [-0.2, 0) is 9.59 Å². The molecule has 0 aliphatic carbocycles. The Kier molecular flexibility index (Phi) is 4.15. The van der Waals surface area contributed by atoms with Gasteiger partial charge in [0.2, 0.25) is 0 Å². The van der Waals surface area contributed by atoms with Crippen LogP contribution in [0.25, 0.3) is 0 Å². The first-order valence-corrected chi connectivity index (χ1v) is 3.53. The number of aliphatic hydroxyl groups excluding tert-OH is 3. The summed E-state index contributed by atoms with van der Waals surface area (Å²) < 4.78 is 0. The molecule has 0 saturated carbocycles. The molecular formula is C7H12O6. The van der Waals surface area contributed by atoms with Gasteiger partial charge in [-0.2, -0.15) is 0 Å². The predicted octanol–water partition coefficient (Wildman–Crippen LogP) is -2.92.